The Balaban J connectivity index is 1.29. The van der Waals surface area contributed by atoms with Crippen LogP contribution in [0.1, 0.15) is 41.7 Å². The van der Waals surface area contributed by atoms with E-state index in [0.717, 1.165) is 28.0 Å². The molecule has 0 N–H and O–H groups in total. The smallest absolute Gasteiger partial charge is 0.178 e. The molecule has 2 heteroatoms. The van der Waals surface area contributed by atoms with Crippen molar-refractivity contribution in [3.63, 3.8) is 0 Å². The van der Waals surface area contributed by atoms with Crippen molar-refractivity contribution in [2.45, 2.75) is 24.9 Å². The molecule has 1 aliphatic heterocycles. The molecule has 10 rings (SSSR count). The van der Waals surface area contributed by atoms with Gasteiger partial charge in [0.2, 0.25) is 0 Å². The van der Waals surface area contributed by atoms with Crippen molar-refractivity contribution in [2.24, 2.45) is 0 Å². The summed E-state index contributed by atoms with van der Waals surface area (Å²) in [4.78, 5) is 0. The normalized spacial score (nSPS) is 17.6. The van der Waals surface area contributed by atoms with Crippen LogP contribution in [0.3, 0.4) is 0 Å². The minimum atomic E-state index is -0.877. The Morgan fingerprint density at radius 3 is 1.96 bits per heavy atom. The van der Waals surface area contributed by atoms with Gasteiger partial charge in [-0.1, -0.05) is 135 Å². The lowest BCUT2D eigenvalue weighted by atomic mass is 9.76. The second-order valence-corrected chi connectivity index (χ2v) is 13.5. The van der Waals surface area contributed by atoms with Crippen molar-refractivity contribution in [1.29, 1.82) is 0 Å². The van der Waals surface area contributed by atoms with Crippen LogP contribution in [0.4, 0.5) is 0 Å². The third-order valence-corrected chi connectivity index (χ3v) is 10.9. The molecule has 0 spiro atoms. The summed E-state index contributed by atoms with van der Waals surface area (Å²) in [7, 11) is 1.71. The maximum Gasteiger partial charge on any atom is 0.178 e. The number of rotatable bonds is 3. The first-order valence-electron chi connectivity index (χ1n) is 16.4. The summed E-state index contributed by atoms with van der Waals surface area (Å²) in [5.41, 5.74) is 12.8. The third-order valence-electron chi connectivity index (χ3n) is 10.9. The van der Waals surface area contributed by atoms with E-state index in [1.165, 1.54) is 66.2 Å². The fourth-order valence-corrected chi connectivity index (χ4v) is 8.83. The van der Waals surface area contributed by atoms with Crippen LogP contribution >= 0.6 is 0 Å². The highest BCUT2D eigenvalue weighted by Crippen LogP contribution is 2.59. The lowest BCUT2D eigenvalue weighted by Gasteiger charge is -2.39. The maximum absolute atomic E-state index is 7.65. The number of benzene rings is 7. The van der Waals surface area contributed by atoms with Crippen molar-refractivity contribution in [3.05, 3.63) is 161 Å². The van der Waals surface area contributed by atoms with E-state index in [-0.39, 0.29) is 5.41 Å². The van der Waals surface area contributed by atoms with Crippen LogP contribution in [0.25, 0.3) is 61.0 Å². The first kappa shape index (κ1) is 26.6. The lowest BCUT2D eigenvalue weighted by Crippen LogP contribution is -2.35. The van der Waals surface area contributed by atoms with Gasteiger partial charge in [-0.25, -0.2) is 0 Å². The second kappa shape index (κ2) is 9.24. The van der Waals surface area contributed by atoms with Crippen molar-refractivity contribution in [2.75, 3.05) is 7.11 Å². The number of hydrogen-bond acceptors (Lipinski definition) is 2. The highest BCUT2D eigenvalue weighted by atomic mass is 16.5. The average Bonchev–Trinajstić information content (AvgIpc) is 3.58. The first-order chi connectivity index (χ1) is 23.0. The van der Waals surface area contributed by atoms with E-state index in [1.54, 1.807) is 7.11 Å². The molecule has 7 aromatic carbocycles. The summed E-state index contributed by atoms with van der Waals surface area (Å²) in [6, 6.07) is 46.1. The highest BCUT2D eigenvalue weighted by molar-refractivity contribution is 6.16. The van der Waals surface area contributed by atoms with Crippen LogP contribution in [0, 0.1) is 0 Å². The van der Waals surface area contributed by atoms with Crippen LogP contribution in [0.2, 0.25) is 0 Å². The summed E-state index contributed by atoms with van der Waals surface area (Å²) in [5.74, 6) is 1.76. The molecule has 1 atom stereocenters. The average molecular weight is 605 g/mol. The van der Waals surface area contributed by atoms with E-state index in [2.05, 4.69) is 141 Å². The predicted molar refractivity (Wildman–Crippen MR) is 193 cm³/mol. The van der Waals surface area contributed by atoms with E-state index >= 15 is 0 Å². The van der Waals surface area contributed by atoms with Gasteiger partial charge in [-0.2, -0.15) is 0 Å². The zero-order valence-electron chi connectivity index (χ0n) is 26.6. The first-order valence-corrected chi connectivity index (χ1v) is 16.4. The zero-order chi connectivity index (χ0) is 31.5. The van der Waals surface area contributed by atoms with Crippen molar-refractivity contribution in [3.8, 4) is 44.9 Å². The minimum Gasteiger partial charge on any atom is -0.497 e. The fourth-order valence-electron chi connectivity index (χ4n) is 8.83. The van der Waals surface area contributed by atoms with Gasteiger partial charge in [-0.3, -0.25) is 0 Å². The Morgan fingerprint density at radius 2 is 1.19 bits per heavy atom. The molecule has 0 radical (unpaired) electrons. The summed E-state index contributed by atoms with van der Waals surface area (Å²) >= 11 is 0. The highest BCUT2D eigenvalue weighted by Gasteiger charge is 2.45. The molecular formula is C45H32O2. The fraction of sp³-hybridized carbons (Fsp3) is 0.111. The molecule has 0 saturated heterocycles. The molecule has 2 aliphatic carbocycles. The number of fused-ring (bicyclic) bond motifs is 11. The van der Waals surface area contributed by atoms with Gasteiger partial charge in [0.15, 0.2) is 5.60 Å². The molecule has 2 nitrogen and oxygen atoms in total. The van der Waals surface area contributed by atoms with E-state index in [4.69, 9.17) is 9.47 Å². The van der Waals surface area contributed by atoms with Gasteiger partial charge in [-0.05, 0) is 78.9 Å². The number of hydrogen-bond donors (Lipinski definition) is 0. The predicted octanol–water partition coefficient (Wildman–Crippen LogP) is 11.3. The number of methoxy groups -OCH3 is 1. The Morgan fingerprint density at radius 1 is 0.553 bits per heavy atom. The van der Waals surface area contributed by atoms with E-state index in [0.29, 0.717) is 0 Å². The molecule has 224 valence electrons. The van der Waals surface area contributed by atoms with Gasteiger partial charge >= 0.3 is 0 Å². The van der Waals surface area contributed by atoms with Crippen LogP contribution in [0.5, 0.6) is 11.5 Å². The Labute approximate surface area is 274 Å². The quantitative estimate of drug-likeness (QED) is 0.200. The van der Waals surface area contributed by atoms with Gasteiger partial charge in [0.05, 0.1) is 7.11 Å². The van der Waals surface area contributed by atoms with Gasteiger partial charge in [0.25, 0.3) is 0 Å². The molecule has 0 saturated carbocycles. The topological polar surface area (TPSA) is 18.5 Å². The van der Waals surface area contributed by atoms with Gasteiger partial charge in [0.1, 0.15) is 11.5 Å². The molecular weight excluding hydrogens is 572 g/mol. The Kier molecular flexibility index (Phi) is 5.23. The monoisotopic (exact) mass is 604 g/mol. The second-order valence-electron chi connectivity index (χ2n) is 13.5. The largest absolute Gasteiger partial charge is 0.497 e. The minimum absolute atomic E-state index is 0.179. The van der Waals surface area contributed by atoms with Crippen molar-refractivity contribution < 1.29 is 9.47 Å². The standard InChI is InChI=1S/C45H32O2/c1-44(2)38-18-9-8-15-35(38)41-32-13-6-7-14-34(32)43-37(42(41)44)25-26-45(47-43,27-19-21-28(46-3)22-20-27)39-24-23-33-30-12-5-4-11-29(30)31-16-10-17-36(39)40(31)33/h4-26H,1-3H3. The third kappa shape index (κ3) is 3.35. The molecule has 47 heavy (non-hydrogen) atoms. The summed E-state index contributed by atoms with van der Waals surface area (Å²) in [6.45, 7) is 4.71. The van der Waals surface area contributed by atoms with Crippen LogP contribution in [-0.4, -0.2) is 7.11 Å². The van der Waals surface area contributed by atoms with Gasteiger partial charge < -0.3 is 9.47 Å². The molecule has 1 heterocycles. The molecule has 7 aromatic rings. The molecule has 3 aliphatic rings. The van der Waals surface area contributed by atoms with E-state index in [1.807, 2.05) is 12.1 Å². The van der Waals surface area contributed by atoms with Gasteiger partial charge in [-0.15, -0.1) is 0 Å². The van der Waals surface area contributed by atoms with Crippen LogP contribution in [-0.2, 0) is 11.0 Å². The Hall–Kier alpha value is -5.60. The van der Waals surface area contributed by atoms with Crippen molar-refractivity contribution >= 4 is 27.6 Å². The summed E-state index contributed by atoms with van der Waals surface area (Å²) < 4.78 is 13.3. The lowest BCUT2D eigenvalue weighted by molar-refractivity contribution is 0.165. The van der Waals surface area contributed by atoms with E-state index < -0.39 is 5.60 Å². The van der Waals surface area contributed by atoms with Crippen LogP contribution < -0.4 is 9.47 Å². The SMILES string of the molecule is COc1ccc(C2(c3ccc4c5c(cccc35)-c3ccccc3-4)C=Cc3c4c(c5ccccc5c3O2)-c2ccccc2C4(C)C)cc1. The molecule has 1 unspecified atom stereocenters. The zero-order valence-corrected chi connectivity index (χ0v) is 26.6. The Bertz CT molecular complexity index is 2470. The maximum atomic E-state index is 7.65. The molecule has 0 aromatic heterocycles. The van der Waals surface area contributed by atoms with E-state index in [9.17, 15) is 0 Å². The summed E-state index contributed by atoms with van der Waals surface area (Å²) in [6.07, 6.45) is 4.65. The number of ether oxygens (including phenoxy) is 2. The molecule has 0 amide bonds. The van der Waals surface area contributed by atoms with Gasteiger partial charge in [0, 0.05) is 27.5 Å². The van der Waals surface area contributed by atoms with Crippen LogP contribution in [0.15, 0.2) is 133 Å². The van der Waals surface area contributed by atoms with Crippen molar-refractivity contribution in [1.82, 2.24) is 0 Å². The molecule has 0 fully saturated rings. The summed E-state index contributed by atoms with van der Waals surface area (Å²) in [5, 5.41) is 4.86. The molecule has 0 bridgehead atoms.